The molecule has 20 heavy (non-hydrogen) atoms. The fourth-order valence-electron chi connectivity index (χ4n) is 3.24. The standard InChI is InChI=1S/C16H23FN2O/c1-19-8-6-14(7-9-19)18-16-11-20-10-15(16)12-2-4-13(17)5-3-12/h2-5,14-16,18H,6-11H2,1H3/t15-,16+/m1/s1. The van der Waals surface area contributed by atoms with Gasteiger partial charge in [0.25, 0.3) is 0 Å². The highest BCUT2D eigenvalue weighted by molar-refractivity contribution is 5.23. The topological polar surface area (TPSA) is 24.5 Å². The van der Waals surface area contributed by atoms with E-state index in [0.29, 0.717) is 18.0 Å². The first-order valence-corrected chi connectivity index (χ1v) is 7.50. The molecule has 110 valence electrons. The second-order valence-electron chi connectivity index (χ2n) is 6.05. The molecule has 3 nitrogen and oxygen atoms in total. The fourth-order valence-corrected chi connectivity index (χ4v) is 3.24. The smallest absolute Gasteiger partial charge is 0.123 e. The number of likely N-dealkylation sites (tertiary alicyclic amines) is 1. The summed E-state index contributed by atoms with van der Waals surface area (Å²) in [5, 5.41) is 3.76. The van der Waals surface area contributed by atoms with Gasteiger partial charge in [0.1, 0.15) is 5.82 Å². The molecule has 2 atom stereocenters. The monoisotopic (exact) mass is 278 g/mol. The Kier molecular flexibility index (Phi) is 4.34. The SMILES string of the molecule is CN1CCC(N[C@H]2COC[C@@H]2c2ccc(F)cc2)CC1. The van der Waals surface area contributed by atoms with Crippen molar-refractivity contribution in [2.24, 2.45) is 0 Å². The van der Waals surface area contributed by atoms with E-state index in [9.17, 15) is 4.39 Å². The Morgan fingerprint density at radius 3 is 2.55 bits per heavy atom. The third kappa shape index (κ3) is 3.19. The van der Waals surface area contributed by atoms with E-state index in [1.54, 1.807) is 12.1 Å². The van der Waals surface area contributed by atoms with Crippen LogP contribution in [0.15, 0.2) is 24.3 Å². The predicted molar refractivity (Wildman–Crippen MR) is 77.4 cm³/mol. The average molecular weight is 278 g/mol. The summed E-state index contributed by atoms with van der Waals surface area (Å²) in [7, 11) is 2.18. The lowest BCUT2D eigenvalue weighted by Crippen LogP contribution is -2.47. The minimum absolute atomic E-state index is 0.174. The Morgan fingerprint density at radius 1 is 1.15 bits per heavy atom. The van der Waals surface area contributed by atoms with Crippen molar-refractivity contribution in [3.63, 3.8) is 0 Å². The number of nitrogens with one attached hydrogen (secondary N) is 1. The third-order valence-electron chi connectivity index (χ3n) is 4.55. The normalized spacial score (nSPS) is 28.9. The molecule has 1 N–H and O–H groups in total. The number of nitrogens with zero attached hydrogens (tertiary/aromatic N) is 1. The van der Waals surface area contributed by atoms with E-state index in [2.05, 4.69) is 17.3 Å². The van der Waals surface area contributed by atoms with Crippen molar-refractivity contribution in [3.8, 4) is 0 Å². The van der Waals surface area contributed by atoms with Crippen LogP contribution in [0.5, 0.6) is 0 Å². The fraction of sp³-hybridized carbons (Fsp3) is 0.625. The molecule has 0 aliphatic carbocycles. The van der Waals surface area contributed by atoms with Crippen molar-refractivity contribution >= 4 is 0 Å². The van der Waals surface area contributed by atoms with Crippen LogP contribution in [0.3, 0.4) is 0 Å². The van der Waals surface area contributed by atoms with Crippen LogP contribution in [-0.4, -0.2) is 50.3 Å². The molecule has 2 aliphatic heterocycles. The first kappa shape index (κ1) is 14.0. The molecule has 0 radical (unpaired) electrons. The van der Waals surface area contributed by atoms with Crippen molar-refractivity contribution in [2.45, 2.75) is 30.8 Å². The number of halogens is 1. The Labute approximate surface area is 120 Å². The van der Waals surface area contributed by atoms with Crippen LogP contribution < -0.4 is 5.32 Å². The van der Waals surface area contributed by atoms with Gasteiger partial charge in [-0.15, -0.1) is 0 Å². The number of benzene rings is 1. The number of hydrogen-bond acceptors (Lipinski definition) is 3. The van der Waals surface area contributed by atoms with Crippen molar-refractivity contribution in [1.82, 2.24) is 10.2 Å². The lowest BCUT2D eigenvalue weighted by molar-refractivity contribution is 0.179. The zero-order valence-corrected chi connectivity index (χ0v) is 12.0. The van der Waals surface area contributed by atoms with E-state index in [-0.39, 0.29) is 5.82 Å². The van der Waals surface area contributed by atoms with Gasteiger partial charge >= 0.3 is 0 Å². The van der Waals surface area contributed by atoms with Gasteiger partial charge in [0.2, 0.25) is 0 Å². The molecule has 0 spiro atoms. The Hall–Kier alpha value is -0.970. The van der Waals surface area contributed by atoms with Gasteiger partial charge in [-0.25, -0.2) is 4.39 Å². The number of hydrogen-bond donors (Lipinski definition) is 1. The highest BCUT2D eigenvalue weighted by Gasteiger charge is 2.31. The minimum Gasteiger partial charge on any atom is -0.379 e. The summed E-state index contributed by atoms with van der Waals surface area (Å²) in [5.41, 5.74) is 1.18. The largest absolute Gasteiger partial charge is 0.379 e. The summed E-state index contributed by atoms with van der Waals surface area (Å²) in [6.45, 7) is 3.81. The van der Waals surface area contributed by atoms with Gasteiger partial charge in [-0.05, 0) is 50.7 Å². The summed E-state index contributed by atoms with van der Waals surface area (Å²) in [4.78, 5) is 2.38. The zero-order chi connectivity index (χ0) is 13.9. The van der Waals surface area contributed by atoms with E-state index < -0.39 is 0 Å². The van der Waals surface area contributed by atoms with Crippen molar-refractivity contribution in [3.05, 3.63) is 35.6 Å². The van der Waals surface area contributed by atoms with Crippen molar-refractivity contribution < 1.29 is 9.13 Å². The highest BCUT2D eigenvalue weighted by atomic mass is 19.1. The second-order valence-corrected chi connectivity index (χ2v) is 6.05. The highest BCUT2D eigenvalue weighted by Crippen LogP contribution is 2.27. The number of rotatable bonds is 3. The van der Waals surface area contributed by atoms with Crippen molar-refractivity contribution in [2.75, 3.05) is 33.4 Å². The van der Waals surface area contributed by atoms with Crippen LogP contribution in [0.4, 0.5) is 4.39 Å². The molecule has 2 fully saturated rings. The Balaban J connectivity index is 1.62. The molecular formula is C16H23FN2O. The second kappa shape index (κ2) is 6.20. The van der Waals surface area contributed by atoms with Gasteiger partial charge in [0.05, 0.1) is 13.2 Å². The van der Waals surface area contributed by atoms with Gasteiger partial charge in [-0.2, -0.15) is 0 Å². The van der Waals surface area contributed by atoms with Gasteiger partial charge in [0.15, 0.2) is 0 Å². The summed E-state index contributed by atoms with van der Waals surface area (Å²) in [6, 6.07) is 7.80. The van der Waals surface area contributed by atoms with Crippen LogP contribution >= 0.6 is 0 Å². The zero-order valence-electron chi connectivity index (χ0n) is 12.0. The van der Waals surface area contributed by atoms with Gasteiger partial charge < -0.3 is 15.0 Å². The van der Waals surface area contributed by atoms with E-state index in [4.69, 9.17) is 4.74 Å². The number of piperidine rings is 1. The third-order valence-corrected chi connectivity index (χ3v) is 4.55. The van der Waals surface area contributed by atoms with Gasteiger partial charge in [-0.3, -0.25) is 0 Å². The van der Waals surface area contributed by atoms with E-state index in [1.165, 1.54) is 18.4 Å². The molecule has 2 saturated heterocycles. The first-order valence-electron chi connectivity index (χ1n) is 7.50. The van der Waals surface area contributed by atoms with Crippen molar-refractivity contribution in [1.29, 1.82) is 0 Å². The summed E-state index contributed by atoms with van der Waals surface area (Å²) in [5.74, 6) is 0.169. The van der Waals surface area contributed by atoms with E-state index in [0.717, 1.165) is 26.3 Å². The Morgan fingerprint density at radius 2 is 1.85 bits per heavy atom. The maximum absolute atomic E-state index is 13.0. The summed E-state index contributed by atoms with van der Waals surface area (Å²) < 4.78 is 18.7. The molecule has 1 aromatic carbocycles. The molecule has 2 aliphatic rings. The quantitative estimate of drug-likeness (QED) is 0.915. The van der Waals surface area contributed by atoms with Crippen LogP contribution in [0.25, 0.3) is 0 Å². The van der Waals surface area contributed by atoms with Gasteiger partial charge in [-0.1, -0.05) is 12.1 Å². The molecular weight excluding hydrogens is 255 g/mol. The first-order chi connectivity index (χ1) is 9.72. The maximum atomic E-state index is 13.0. The predicted octanol–water partition coefficient (Wildman–Crippen LogP) is 1.99. The molecule has 2 heterocycles. The van der Waals surface area contributed by atoms with Crippen LogP contribution in [-0.2, 0) is 4.74 Å². The van der Waals surface area contributed by atoms with E-state index in [1.807, 2.05) is 12.1 Å². The molecule has 4 heteroatoms. The lowest BCUT2D eigenvalue weighted by atomic mass is 9.93. The Bertz CT molecular complexity index is 429. The number of ether oxygens (including phenoxy) is 1. The summed E-state index contributed by atoms with van der Waals surface area (Å²) in [6.07, 6.45) is 2.40. The summed E-state index contributed by atoms with van der Waals surface area (Å²) >= 11 is 0. The molecule has 1 aromatic rings. The molecule has 0 saturated carbocycles. The molecule has 0 amide bonds. The van der Waals surface area contributed by atoms with Crippen LogP contribution in [0.2, 0.25) is 0 Å². The molecule has 3 rings (SSSR count). The molecule has 0 bridgehead atoms. The molecule has 0 unspecified atom stereocenters. The van der Waals surface area contributed by atoms with Crippen LogP contribution in [0.1, 0.15) is 24.3 Å². The van der Waals surface area contributed by atoms with E-state index >= 15 is 0 Å². The molecule has 0 aromatic heterocycles. The maximum Gasteiger partial charge on any atom is 0.123 e. The average Bonchev–Trinajstić information content (AvgIpc) is 2.90. The van der Waals surface area contributed by atoms with Gasteiger partial charge in [0, 0.05) is 18.0 Å². The lowest BCUT2D eigenvalue weighted by Gasteiger charge is -2.32. The minimum atomic E-state index is -0.174. The van der Waals surface area contributed by atoms with Crippen LogP contribution in [0, 0.1) is 5.82 Å².